The zero-order valence-electron chi connectivity index (χ0n) is 11.0. The normalized spacial score (nSPS) is 14.6. The van der Waals surface area contributed by atoms with Gasteiger partial charge < -0.3 is 0 Å². The van der Waals surface area contributed by atoms with Crippen LogP contribution in [0.2, 0.25) is 0 Å². The van der Waals surface area contributed by atoms with E-state index < -0.39 is 0 Å². The molecule has 4 nitrogen and oxygen atoms in total. The Labute approximate surface area is 112 Å². The van der Waals surface area contributed by atoms with Gasteiger partial charge in [-0.2, -0.15) is 5.10 Å². The van der Waals surface area contributed by atoms with Crippen LogP contribution in [0.1, 0.15) is 34.5 Å². The molecule has 19 heavy (non-hydrogen) atoms. The molecular formula is C15H17N3O. The number of aryl methyl sites for hydroxylation is 1. The number of nitrogens with zero attached hydrogens (tertiary/aromatic N) is 3. The minimum atomic E-state index is 0.108. The number of Topliss-reactive ketones (excluding diaryl/α,β-unsaturated/α-hetero) is 1. The summed E-state index contributed by atoms with van der Waals surface area (Å²) in [5.74, 6) is 0.905. The summed E-state index contributed by atoms with van der Waals surface area (Å²) in [6, 6.07) is 3.72. The number of ketones is 1. The van der Waals surface area contributed by atoms with Crippen molar-refractivity contribution in [1.29, 1.82) is 0 Å². The second kappa shape index (κ2) is 4.96. The predicted molar refractivity (Wildman–Crippen MR) is 72.0 cm³/mol. The van der Waals surface area contributed by atoms with Crippen LogP contribution in [0.4, 0.5) is 0 Å². The van der Waals surface area contributed by atoms with Crippen LogP contribution in [0.3, 0.4) is 0 Å². The van der Waals surface area contributed by atoms with Gasteiger partial charge >= 0.3 is 0 Å². The minimum Gasteiger partial charge on any atom is -0.294 e. The number of carbonyl (C=O) groups excluding carboxylic acids is 1. The first-order chi connectivity index (χ1) is 9.22. The largest absolute Gasteiger partial charge is 0.294 e. The summed E-state index contributed by atoms with van der Waals surface area (Å²) in [5.41, 5.74) is 2.51. The molecule has 0 unspecified atom stereocenters. The summed E-state index contributed by atoms with van der Waals surface area (Å²) in [6.07, 6.45) is 8.34. The van der Waals surface area contributed by atoms with E-state index >= 15 is 0 Å². The van der Waals surface area contributed by atoms with E-state index in [1.807, 2.05) is 23.9 Å². The fourth-order valence-corrected chi connectivity index (χ4v) is 2.21. The molecule has 0 saturated heterocycles. The van der Waals surface area contributed by atoms with Crippen LogP contribution in [0, 0.1) is 12.8 Å². The van der Waals surface area contributed by atoms with Crippen LogP contribution in [-0.2, 0) is 13.0 Å². The maximum Gasteiger partial charge on any atom is 0.169 e. The molecule has 0 amide bonds. The molecule has 0 spiro atoms. The van der Waals surface area contributed by atoms with Gasteiger partial charge in [0.05, 0.1) is 12.1 Å². The third kappa shape index (κ3) is 2.89. The lowest BCUT2D eigenvalue weighted by Gasteiger charge is -2.02. The average molecular weight is 255 g/mol. The molecule has 0 radical (unpaired) electrons. The second-order valence-electron chi connectivity index (χ2n) is 5.26. The molecule has 1 aliphatic carbocycles. The molecule has 4 heteroatoms. The highest BCUT2D eigenvalue weighted by molar-refractivity contribution is 5.98. The van der Waals surface area contributed by atoms with E-state index in [9.17, 15) is 4.79 Å². The van der Waals surface area contributed by atoms with Crippen molar-refractivity contribution < 1.29 is 4.79 Å². The van der Waals surface area contributed by atoms with E-state index in [0.29, 0.717) is 6.42 Å². The molecule has 1 fully saturated rings. The van der Waals surface area contributed by atoms with Gasteiger partial charge in [-0.3, -0.25) is 14.5 Å². The Balaban J connectivity index is 1.68. The second-order valence-corrected chi connectivity index (χ2v) is 5.26. The van der Waals surface area contributed by atoms with Crippen molar-refractivity contribution in [1.82, 2.24) is 14.8 Å². The van der Waals surface area contributed by atoms with Gasteiger partial charge in [0.25, 0.3) is 0 Å². The number of pyridine rings is 1. The summed E-state index contributed by atoms with van der Waals surface area (Å²) < 4.78 is 1.96. The van der Waals surface area contributed by atoms with Gasteiger partial charge in [-0.1, -0.05) is 0 Å². The highest BCUT2D eigenvalue weighted by Crippen LogP contribution is 2.30. The standard InChI is InChI=1S/C15H17N3O/c1-11-9-16-6-4-14(11)15(19)8-13-5-7-18(17-13)10-12-2-3-12/h4-7,9,12H,2-3,8,10H2,1H3. The Kier molecular flexibility index (Phi) is 3.15. The molecule has 1 saturated carbocycles. The lowest BCUT2D eigenvalue weighted by Crippen LogP contribution is -2.07. The number of carbonyl (C=O) groups is 1. The summed E-state index contributed by atoms with van der Waals surface area (Å²) in [5, 5.41) is 4.47. The van der Waals surface area contributed by atoms with Crippen molar-refractivity contribution in [3.8, 4) is 0 Å². The molecule has 98 valence electrons. The van der Waals surface area contributed by atoms with Crippen LogP contribution in [0.25, 0.3) is 0 Å². The van der Waals surface area contributed by atoms with Crippen molar-refractivity contribution in [3.05, 3.63) is 47.5 Å². The fourth-order valence-electron chi connectivity index (χ4n) is 2.21. The zero-order valence-corrected chi connectivity index (χ0v) is 11.0. The number of hydrogen-bond acceptors (Lipinski definition) is 3. The smallest absolute Gasteiger partial charge is 0.169 e. The molecule has 0 bridgehead atoms. The Morgan fingerprint density at radius 2 is 2.26 bits per heavy atom. The van der Waals surface area contributed by atoms with Crippen LogP contribution in [-0.4, -0.2) is 20.5 Å². The minimum absolute atomic E-state index is 0.108. The molecule has 3 rings (SSSR count). The summed E-state index contributed by atoms with van der Waals surface area (Å²) in [6.45, 7) is 2.90. The van der Waals surface area contributed by atoms with Crippen LogP contribution < -0.4 is 0 Å². The van der Waals surface area contributed by atoms with Crippen molar-refractivity contribution >= 4 is 5.78 Å². The van der Waals surface area contributed by atoms with Gasteiger partial charge in [0.1, 0.15) is 0 Å². The maximum atomic E-state index is 12.2. The number of aromatic nitrogens is 3. The monoisotopic (exact) mass is 255 g/mol. The summed E-state index contributed by atoms with van der Waals surface area (Å²) >= 11 is 0. The summed E-state index contributed by atoms with van der Waals surface area (Å²) in [4.78, 5) is 16.2. The number of rotatable bonds is 5. The first-order valence-electron chi connectivity index (χ1n) is 6.68. The van der Waals surface area contributed by atoms with Gasteiger partial charge in [-0.25, -0.2) is 0 Å². The predicted octanol–water partition coefficient (Wildman–Crippen LogP) is 2.42. The maximum absolute atomic E-state index is 12.2. The van der Waals surface area contributed by atoms with E-state index in [2.05, 4.69) is 10.1 Å². The van der Waals surface area contributed by atoms with Crippen LogP contribution in [0.5, 0.6) is 0 Å². The lowest BCUT2D eigenvalue weighted by atomic mass is 10.0. The Morgan fingerprint density at radius 1 is 1.42 bits per heavy atom. The van der Waals surface area contributed by atoms with Crippen LogP contribution >= 0.6 is 0 Å². The molecule has 2 heterocycles. The van der Waals surface area contributed by atoms with Crippen LogP contribution in [0.15, 0.2) is 30.7 Å². The quantitative estimate of drug-likeness (QED) is 0.771. The fraction of sp³-hybridized carbons (Fsp3) is 0.400. The summed E-state index contributed by atoms with van der Waals surface area (Å²) in [7, 11) is 0. The Hall–Kier alpha value is -1.97. The molecule has 2 aromatic rings. The topological polar surface area (TPSA) is 47.8 Å². The molecular weight excluding hydrogens is 238 g/mol. The molecule has 2 aromatic heterocycles. The highest BCUT2D eigenvalue weighted by Gasteiger charge is 2.22. The Morgan fingerprint density at radius 3 is 3.00 bits per heavy atom. The average Bonchev–Trinajstić information content (AvgIpc) is 3.09. The molecule has 1 aliphatic rings. The first kappa shape index (κ1) is 12.1. The SMILES string of the molecule is Cc1cnccc1C(=O)Cc1ccn(CC2CC2)n1. The van der Waals surface area contributed by atoms with Crippen molar-refractivity contribution in [2.45, 2.75) is 32.7 Å². The van der Waals surface area contributed by atoms with Crippen molar-refractivity contribution in [2.75, 3.05) is 0 Å². The van der Waals surface area contributed by atoms with Crippen molar-refractivity contribution in [2.24, 2.45) is 5.92 Å². The van der Waals surface area contributed by atoms with Gasteiger partial charge in [0, 0.05) is 30.7 Å². The van der Waals surface area contributed by atoms with E-state index in [1.54, 1.807) is 18.5 Å². The van der Waals surface area contributed by atoms with E-state index in [4.69, 9.17) is 0 Å². The van der Waals surface area contributed by atoms with Gasteiger partial charge in [0.15, 0.2) is 5.78 Å². The third-order valence-electron chi connectivity index (χ3n) is 3.50. The van der Waals surface area contributed by atoms with E-state index in [0.717, 1.165) is 29.3 Å². The lowest BCUT2D eigenvalue weighted by molar-refractivity contribution is 0.0991. The molecule has 0 aromatic carbocycles. The highest BCUT2D eigenvalue weighted by atomic mass is 16.1. The third-order valence-corrected chi connectivity index (χ3v) is 3.50. The Bertz CT molecular complexity index is 599. The van der Waals surface area contributed by atoms with E-state index in [-0.39, 0.29) is 5.78 Å². The van der Waals surface area contributed by atoms with Gasteiger partial charge in [-0.15, -0.1) is 0 Å². The molecule has 0 atom stereocenters. The molecule has 0 N–H and O–H groups in total. The van der Waals surface area contributed by atoms with E-state index in [1.165, 1.54) is 12.8 Å². The zero-order chi connectivity index (χ0) is 13.2. The van der Waals surface area contributed by atoms with Gasteiger partial charge in [0.2, 0.25) is 0 Å². The first-order valence-corrected chi connectivity index (χ1v) is 6.68. The van der Waals surface area contributed by atoms with Crippen molar-refractivity contribution in [3.63, 3.8) is 0 Å². The number of hydrogen-bond donors (Lipinski definition) is 0. The molecule has 0 aliphatic heterocycles. The van der Waals surface area contributed by atoms with Gasteiger partial charge in [-0.05, 0) is 43.4 Å².